The van der Waals surface area contributed by atoms with Gasteiger partial charge in [-0.25, -0.2) is 0 Å². The van der Waals surface area contributed by atoms with Crippen LogP contribution in [0.4, 0.5) is 17.1 Å². The third-order valence-electron chi connectivity index (χ3n) is 14.0. The third kappa shape index (κ3) is 6.18. The maximum absolute atomic E-state index is 6.81. The monoisotopic (exact) mass is 853 g/mol. The fourth-order valence-electron chi connectivity index (χ4n) is 11.0. The van der Waals surface area contributed by atoms with Gasteiger partial charge < -0.3 is 9.32 Å². The molecule has 0 bridgehead atoms. The number of hydrogen-bond donors (Lipinski definition) is 0. The molecule has 67 heavy (non-hydrogen) atoms. The van der Waals surface area contributed by atoms with Gasteiger partial charge in [0.15, 0.2) is 5.58 Å². The summed E-state index contributed by atoms with van der Waals surface area (Å²) in [7, 11) is 0. The van der Waals surface area contributed by atoms with Gasteiger partial charge in [-0.1, -0.05) is 224 Å². The molecule has 0 saturated heterocycles. The molecule has 0 unspecified atom stereocenters. The second-order valence-electron chi connectivity index (χ2n) is 17.5. The van der Waals surface area contributed by atoms with E-state index in [-0.39, 0.29) is 0 Å². The summed E-state index contributed by atoms with van der Waals surface area (Å²) in [6.07, 6.45) is 0. The zero-order valence-corrected chi connectivity index (χ0v) is 36.7. The lowest BCUT2D eigenvalue weighted by Gasteiger charge is -2.35. The van der Waals surface area contributed by atoms with Crippen LogP contribution in [-0.2, 0) is 5.41 Å². The Balaban J connectivity index is 1.000. The van der Waals surface area contributed by atoms with Crippen molar-refractivity contribution >= 4 is 49.8 Å². The summed E-state index contributed by atoms with van der Waals surface area (Å²) in [4.78, 5) is 2.38. The molecule has 0 aliphatic heterocycles. The first-order valence-corrected chi connectivity index (χ1v) is 23.1. The third-order valence-corrected chi connectivity index (χ3v) is 14.0. The molecule has 0 spiro atoms. The molecule has 2 nitrogen and oxygen atoms in total. The smallest absolute Gasteiger partial charge is 0.159 e. The zero-order valence-electron chi connectivity index (χ0n) is 36.7. The Morgan fingerprint density at radius 1 is 0.328 bits per heavy atom. The van der Waals surface area contributed by atoms with E-state index < -0.39 is 5.41 Å². The number of benzene rings is 11. The standard InChI is InChI=1S/C65H43NO/c1-3-17-44(18-4-1)45-33-35-48(36-34-45)63-53-24-8-7-19-46(53)39-42-54(63)47-37-40-51(41-38-47)66(61-31-16-28-58-57-27-11-14-32-62(57)67-64(58)61)52-23-15-22-50(43-52)65(49-20-5-2-6-21-49)59-29-12-9-25-55(59)56-26-10-13-30-60(56)65/h1-43H. The van der Waals surface area contributed by atoms with Crippen LogP contribution in [0.2, 0.25) is 0 Å². The summed E-state index contributed by atoms with van der Waals surface area (Å²) in [6, 6.07) is 95.0. The van der Waals surface area contributed by atoms with Crippen LogP contribution in [0, 0.1) is 0 Å². The van der Waals surface area contributed by atoms with Gasteiger partial charge in [0.2, 0.25) is 0 Å². The van der Waals surface area contributed by atoms with Gasteiger partial charge in [0, 0.05) is 22.1 Å². The summed E-state index contributed by atoms with van der Waals surface area (Å²) in [5.74, 6) is 0. The zero-order chi connectivity index (χ0) is 44.3. The largest absolute Gasteiger partial charge is 0.454 e. The van der Waals surface area contributed by atoms with Crippen molar-refractivity contribution in [1.82, 2.24) is 0 Å². The topological polar surface area (TPSA) is 16.4 Å². The highest BCUT2D eigenvalue weighted by molar-refractivity contribution is 6.10. The van der Waals surface area contributed by atoms with Crippen LogP contribution in [0.5, 0.6) is 0 Å². The Bertz CT molecular complexity index is 3750. The maximum Gasteiger partial charge on any atom is 0.159 e. The molecule has 11 aromatic carbocycles. The van der Waals surface area contributed by atoms with E-state index in [4.69, 9.17) is 4.42 Å². The summed E-state index contributed by atoms with van der Waals surface area (Å²) in [5, 5.41) is 4.64. The Hall–Kier alpha value is -8.72. The minimum atomic E-state index is -0.545. The fraction of sp³-hybridized carbons (Fsp3) is 0.0154. The molecular weight excluding hydrogens is 811 g/mol. The molecule has 13 rings (SSSR count). The Morgan fingerprint density at radius 3 is 1.66 bits per heavy atom. The minimum Gasteiger partial charge on any atom is -0.454 e. The van der Waals surface area contributed by atoms with E-state index in [0.717, 1.165) is 44.6 Å². The number of hydrogen-bond acceptors (Lipinski definition) is 2. The number of para-hydroxylation sites is 2. The van der Waals surface area contributed by atoms with Crippen LogP contribution in [0.15, 0.2) is 265 Å². The van der Waals surface area contributed by atoms with Crippen LogP contribution < -0.4 is 4.90 Å². The second-order valence-corrected chi connectivity index (χ2v) is 17.5. The summed E-state index contributed by atoms with van der Waals surface area (Å²) < 4.78 is 6.81. The van der Waals surface area contributed by atoms with Crippen LogP contribution >= 0.6 is 0 Å². The lowest BCUT2D eigenvalue weighted by Crippen LogP contribution is -2.28. The number of fused-ring (bicyclic) bond motifs is 7. The number of furan rings is 1. The quantitative estimate of drug-likeness (QED) is 0.151. The number of rotatable bonds is 8. The van der Waals surface area contributed by atoms with Crippen molar-refractivity contribution in [2.75, 3.05) is 4.90 Å². The average molecular weight is 854 g/mol. The predicted octanol–water partition coefficient (Wildman–Crippen LogP) is 17.6. The van der Waals surface area contributed by atoms with E-state index in [1.807, 2.05) is 6.07 Å². The van der Waals surface area contributed by atoms with E-state index >= 15 is 0 Å². The minimum absolute atomic E-state index is 0.545. The molecule has 0 radical (unpaired) electrons. The van der Waals surface area contributed by atoms with Crippen molar-refractivity contribution in [3.05, 3.63) is 283 Å². The molecule has 0 N–H and O–H groups in total. The first kappa shape index (κ1) is 38.7. The van der Waals surface area contributed by atoms with Crippen LogP contribution in [0.3, 0.4) is 0 Å². The summed E-state index contributed by atoms with van der Waals surface area (Å²) in [6.45, 7) is 0. The summed E-state index contributed by atoms with van der Waals surface area (Å²) in [5.41, 5.74) is 18.9. The van der Waals surface area contributed by atoms with Crippen LogP contribution in [0.25, 0.3) is 77.2 Å². The number of anilines is 3. The fourth-order valence-corrected chi connectivity index (χ4v) is 11.0. The van der Waals surface area contributed by atoms with Crippen molar-refractivity contribution in [2.24, 2.45) is 0 Å². The van der Waals surface area contributed by atoms with Gasteiger partial charge in [0.05, 0.1) is 11.1 Å². The Morgan fingerprint density at radius 2 is 0.896 bits per heavy atom. The van der Waals surface area contributed by atoms with Crippen molar-refractivity contribution in [2.45, 2.75) is 5.41 Å². The molecule has 12 aromatic rings. The molecule has 0 fully saturated rings. The highest BCUT2D eigenvalue weighted by Crippen LogP contribution is 2.57. The van der Waals surface area contributed by atoms with E-state index in [2.05, 4.69) is 260 Å². The van der Waals surface area contributed by atoms with E-state index in [9.17, 15) is 0 Å². The lowest BCUT2D eigenvalue weighted by atomic mass is 9.67. The first-order valence-electron chi connectivity index (χ1n) is 23.1. The van der Waals surface area contributed by atoms with Crippen molar-refractivity contribution in [3.8, 4) is 44.5 Å². The number of nitrogens with zero attached hydrogens (tertiary/aromatic N) is 1. The molecule has 0 saturated carbocycles. The molecule has 1 aliphatic rings. The molecule has 2 heteroatoms. The van der Waals surface area contributed by atoms with Gasteiger partial charge in [-0.2, -0.15) is 0 Å². The average Bonchev–Trinajstić information content (AvgIpc) is 3.94. The highest BCUT2D eigenvalue weighted by atomic mass is 16.3. The SMILES string of the molecule is c1ccc(-c2ccc(-c3c(-c4ccc(N(c5cccc(C6(c7ccccc7)c7ccccc7-c7ccccc76)c5)c5cccc6c5oc5ccccc56)cc4)ccc4ccccc34)cc2)cc1. The van der Waals surface area contributed by atoms with Crippen molar-refractivity contribution in [1.29, 1.82) is 0 Å². The van der Waals surface area contributed by atoms with Gasteiger partial charge in [-0.15, -0.1) is 0 Å². The van der Waals surface area contributed by atoms with Gasteiger partial charge in [0.25, 0.3) is 0 Å². The highest BCUT2D eigenvalue weighted by Gasteiger charge is 2.46. The molecule has 0 amide bonds. The van der Waals surface area contributed by atoms with Gasteiger partial charge in [-0.05, 0) is 114 Å². The van der Waals surface area contributed by atoms with Crippen LogP contribution in [0.1, 0.15) is 22.3 Å². The second kappa shape index (κ2) is 15.8. The summed E-state index contributed by atoms with van der Waals surface area (Å²) >= 11 is 0. The van der Waals surface area contributed by atoms with Crippen molar-refractivity contribution < 1.29 is 4.42 Å². The van der Waals surface area contributed by atoms with E-state index in [1.165, 1.54) is 72.0 Å². The van der Waals surface area contributed by atoms with E-state index in [1.54, 1.807) is 0 Å². The predicted molar refractivity (Wildman–Crippen MR) is 280 cm³/mol. The van der Waals surface area contributed by atoms with Gasteiger partial charge in [-0.3, -0.25) is 0 Å². The maximum atomic E-state index is 6.81. The van der Waals surface area contributed by atoms with Gasteiger partial charge >= 0.3 is 0 Å². The molecule has 1 aliphatic carbocycles. The van der Waals surface area contributed by atoms with Gasteiger partial charge in [0.1, 0.15) is 5.58 Å². The Labute approximate surface area is 390 Å². The van der Waals surface area contributed by atoms with E-state index in [0.29, 0.717) is 0 Å². The molecule has 1 aromatic heterocycles. The molecule has 0 atom stereocenters. The van der Waals surface area contributed by atoms with Crippen molar-refractivity contribution in [3.63, 3.8) is 0 Å². The normalized spacial score (nSPS) is 12.6. The molecule has 1 heterocycles. The molecular formula is C65H43NO. The van der Waals surface area contributed by atoms with Crippen LogP contribution in [-0.4, -0.2) is 0 Å². The Kier molecular flexibility index (Phi) is 9.11. The lowest BCUT2D eigenvalue weighted by molar-refractivity contribution is 0.669. The first-order chi connectivity index (χ1) is 33.2. The molecule has 314 valence electrons.